The van der Waals surface area contributed by atoms with E-state index in [4.69, 9.17) is 0 Å². The molecule has 0 saturated carbocycles. The Morgan fingerprint density at radius 3 is 2.70 bits per heavy atom. The molecule has 0 radical (unpaired) electrons. The highest BCUT2D eigenvalue weighted by atomic mass is 19.1. The van der Waals surface area contributed by atoms with Crippen LogP contribution in [0.25, 0.3) is 0 Å². The van der Waals surface area contributed by atoms with E-state index in [0.29, 0.717) is 18.2 Å². The van der Waals surface area contributed by atoms with Crippen LogP contribution in [0.2, 0.25) is 0 Å². The Balaban J connectivity index is 2.34. The Morgan fingerprint density at radius 1 is 1.30 bits per heavy atom. The van der Waals surface area contributed by atoms with E-state index in [1.807, 2.05) is 4.90 Å². The van der Waals surface area contributed by atoms with Crippen molar-refractivity contribution in [2.75, 3.05) is 18.0 Å². The topological polar surface area (TPSA) is 15.3 Å². The molecule has 1 N–H and O–H groups in total. The summed E-state index contributed by atoms with van der Waals surface area (Å²) in [6, 6.07) is 3.33. The molecule has 0 bridgehead atoms. The van der Waals surface area contributed by atoms with Gasteiger partial charge in [0.15, 0.2) is 5.82 Å². The summed E-state index contributed by atoms with van der Waals surface area (Å²) in [5, 5.41) is 3.49. The molecule has 0 amide bonds. The summed E-state index contributed by atoms with van der Waals surface area (Å²) in [5.74, 6) is -0.871. The second-order valence-electron chi connectivity index (χ2n) is 5.64. The maximum Gasteiger partial charge on any atom is 0.152 e. The van der Waals surface area contributed by atoms with E-state index >= 15 is 0 Å². The SMILES string of the molecule is CCCC1CN(c2c(F)ccc(C)c2F)C(CC)CN1. The van der Waals surface area contributed by atoms with E-state index in [1.54, 1.807) is 6.92 Å². The molecule has 0 aromatic heterocycles. The van der Waals surface area contributed by atoms with Gasteiger partial charge in [0, 0.05) is 25.2 Å². The van der Waals surface area contributed by atoms with E-state index in [0.717, 1.165) is 25.8 Å². The Labute approximate surface area is 120 Å². The van der Waals surface area contributed by atoms with E-state index in [2.05, 4.69) is 19.2 Å². The third kappa shape index (κ3) is 2.95. The smallest absolute Gasteiger partial charge is 0.152 e. The fraction of sp³-hybridized carbons (Fsp3) is 0.625. The number of nitrogens with zero attached hydrogens (tertiary/aromatic N) is 1. The van der Waals surface area contributed by atoms with Crippen molar-refractivity contribution < 1.29 is 8.78 Å². The molecule has 1 heterocycles. The molecule has 20 heavy (non-hydrogen) atoms. The van der Waals surface area contributed by atoms with Gasteiger partial charge in [-0.1, -0.05) is 26.3 Å². The molecule has 0 aliphatic carbocycles. The minimum atomic E-state index is -0.455. The molecule has 1 saturated heterocycles. The number of hydrogen-bond donors (Lipinski definition) is 1. The average Bonchev–Trinajstić information content (AvgIpc) is 2.44. The summed E-state index contributed by atoms with van der Waals surface area (Å²) in [6.07, 6.45) is 2.97. The third-order valence-electron chi connectivity index (χ3n) is 4.16. The fourth-order valence-corrected chi connectivity index (χ4v) is 2.95. The Hall–Kier alpha value is -1.16. The van der Waals surface area contributed by atoms with Crippen LogP contribution in [0.15, 0.2) is 12.1 Å². The standard InChI is InChI=1S/C16H24F2N2/c1-4-6-12-10-20(13(5-2)9-19-12)16-14(17)8-7-11(3)15(16)18/h7-8,12-13,19H,4-6,9-10H2,1-3H3. The molecule has 2 rings (SSSR count). The average molecular weight is 282 g/mol. The molecule has 1 fully saturated rings. The van der Waals surface area contributed by atoms with Crippen molar-refractivity contribution in [2.24, 2.45) is 0 Å². The molecule has 2 atom stereocenters. The molecule has 1 aromatic carbocycles. The molecule has 1 aliphatic rings. The largest absolute Gasteiger partial charge is 0.361 e. The van der Waals surface area contributed by atoms with Crippen LogP contribution in [0, 0.1) is 18.6 Å². The number of hydrogen-bond acceptors (Lipinski definition) is 2. The van der Waals surface area contributed by atoms with Crippen molar-refractivity contribution >= 4 is 5.69 Å². The van der Waals surface area contributed by atoms with Crippen LogP contribution in [0.5, 0.6) is 0 Å². The first-order chi connectivity index (χ1) is 9.58. The van der Waals surface area contributed by atoms with Gasteiger partial charge in [0.25, 0.3) is 0 Å². The second kappa shape index (κ2) is 6.53. The van der Waals surface area contributed by atoms with Gasteiger partial charge in [0.2, 0.25) is 0 Å². The van der Waals surface area contributed by atoms with Crippen LogP contribution in [0.1, 0.15) is 38.7 Å². The minimum absolute atomic E-state index is 0.147. The van der Waals surface area contributed by atoms with Crippen molar-refractivity contribution in [3.63, 3.8) is 0 Å². The van der Waals surface area contributed by atoms with E-state index in [9.17, 15) is 8.78 Å². The van der Waals surface area contributed by atoms with Crippen molar-refractivity contribution in [3.05, 3.63) is 29.3 Å². The molecule has 112 valence electrons. The predicted molar refractivity (Wildman–Crippen MR) is 79.2 cm³/mol. The van der Waals surface area contributed by atoms with Crippen LogP contribution in [0.4, 0.5) is 14.5 Å². The predicted octanol–water partition coefficient (Wildman–Crippen LogP) is 3.63. The van der Waals surface area contributed by atoms with Crippen LogP contribution < -0.4 is 10.2 Å². The van der Waals surface area contributed by atoms with E-state index < -0.39 is 11.6 Å². The molecular weight excluding hydrogens is 258 g/mol. The Bertz CT molecular complexity index is 462. The maximum absolute atomic E-state index is 14.4. The lowest BCUT2D eigenvalue weighted by Gasteiger charge is -2.42. The quantitative estimate of drug-likeness (QED) is 0.907. The van der Waals surface area contributed by atoms with Crippen LogP contribution in [-0.2, 0) is 0 Å². The minimum Gasteiger partial charge on any atom is -0.361 e. The molecule has 2 unspecified atom stereocenters. The summed E-state index contributed by atoms with van der Waals surface area (Å²) >= 11 is 0. The summed E-state index contributed by atoms with van der Waals surface area (Å²) < 4.78 is 28.5. The van der Waals surface area contributed by atoms with E-state index in [1.165, 1.54) is 12.1 Å². The zero-order chi connectivity index (χ0) is 14.7. The number of benzene rings is 1. The number of anilines is 1. The zero-order valence-electron chi connectivity index (χ0n) is 12.5. The first-order valence-electron chi connectivity index (χ1n) is 7.53. The Kier molecular flexibility index (Phi) is 4.97. The highest BCUT2D eigenvalue weighted by molar-refractivity contribution is 5.53. The molecule has 1 aliphatic heterocycles. The molecule has 1 aromatic rings. The monoisotopic (exact) mass is 282 g/mol. The van der Waals surface area contributed by atoms with Gasteiger partial charge in [-0.2, -0.15) is 0 Å². The first kappa shape index (κ1) is 15.2. The van der Waals surface area contributed by atoms with E-state index in [-0.39, 0.29) is 11.7 Å². The normalized spacial score (nSPS) is 23.1. The molecule has 4 heteroatoms. The van der Waals surface area contributed by atoms with Gasteiger partial charge < -0.3 is 10.2 Å². The molecule has 2 nitrogen and oxygen atoms in total. The number of piperazine rings is 1. The summed E-state index contributed by atoms with van der Waals surface area (Å²) in [5.41, 5.74) is 0.654. The van der Waals surface area contributed by atoms with Crippen LogP contribution >= 0.6 is 0 Å². The summed E-state index contributed by atoms with van der Waals surface area (Å²) in [7, 11) is 0. The highest BCUT2D eigenvalue weighted by Crippen LogP contribution is 2.30. The summed E-state index contributed by atoms with van der Waals surface area (Å²) in [4.78, 5) is 1.93. The van der Waals surface area contributed by atoms with Gasteiger partial charge >= 0.3 is 0 Å². The molecule has 0 spiro atoms. The fourth-order valence-electron chi connectivity index (χ4n) is 2.95. The van der Waals surface area contributed by atoms with Gasteiger partial charge in [-0.15, -0.1) is 0 Å². The summed E-state index contributed by atoms with van der Waals surface area (Å²) in [6.45, 7) is 7.33. The second-order valence-corrected chi connectivity index (χ2v) is 5.64. The zero-order valence-corrected chi connectivity index (χ0v) is 12.5. The lowest BCUT2D eigenvalue weighted by atomic mass is 10.0. The van der Waals surface area contributed by atoms with Crippen molar-refractivity contribution in [1.29, 1.82) is 0 Å². The molecular formula is C16H24F2N2. The van der Waals surface area contributed by atoms with Gasteiger partial charge in [0.1, 0.15) is 11.5 Å². The number of halogens is 2. The van der Waals surface area contributed by atoms with Gasteiger partial charge in [-0.05, 0) is 31.4 Å². The maximum atomic E-state index is 14.4. The van der Waals surface area contributed by atoms with Gasteiger partial charge in [-0.3, -0.25) is 0 Å². The third-order valence-corrected chi connectivity index (χ3v) is 4.16. The first-order valence-corrected chi connectivity index (χ1v) is 7.53. The van der Waals surface area contributed by atoms with Crippen LogP contribution in [0.3, 0.4) is 0 Å². The van der Waals surface area contributed by atoms with Crippen molar-refractivity contribution in [3.8, 4) is 0 Å². The highest BCUT2D eigenvalue weighted by Gasteiger charge is 2.30. The number of rotatable bonds is 4. The number of aryl methyl sites for hydroxylation is 1. The lowest BCUT2D eigenvalue weighted by molar-refractivity contribution is 0.362. The number of nitrogens with one attached hydrogen (secondary N) is 1. The lowest BCUT2D eigenvalue weighted by Crippen LogP contribution is -2.57. The van der Waals surface area contributed by atoms with Crippen molar-refractivity contribution in [2.45, 2.75) is 52.1 Å². The van der Waals surface area contributed by atoms with Gasteiger partial charge in [-0.25, -0.2) is 8.78 Å². The van der Waals surface area contributed by atoms with Crippen molar-refractivity contribution in [1.82, 2.24) is 5.32 Å². The van der Waals surface area contributed by atoms with Gasteiger partial charge in [0.05, 0.1) is 0 Å². The Morgan fingerprint density at radius 2 is 2.05 bits per heavy atom. The van der Waals surface area contributed by atoms with Crippen LogP contribution in [-0.4, -0.2) is 25.2 Å².